The van der Waals surface area contributed by atoms with E-state index in [9.17, 15) is 9.90 Å². The Bertz CT molecular complexity index is 1170. The third-order valence-electron chi connectivity index (χ3n) is 6.04. The van der Waals surface area contributed by atoms with Crippen molar-refractivity contribution in [2.24, 2.45) is 0 Å². The molecule has 1 aliphatic heterocycles. The molecule has 0 bridgehead atoms. The van der Waals surface area contributed by atoms with Crippen LogP contribution in [-0.2, 0) is 32.2 Å². The number of hydrogen-bond donors (Lipinski definition) is 2. The fraction of sp³-hybridized carbons (Fsp3) is 0.345. The molecule has 0 aromatic heterocycles. The molecule has 0 aliphatic carbocycles. The third kappa shape index (κ3) is 9.62. The van der Waals surface area contributed by atoms with Crippen LogP contribution in [0.4, 0.5) is 4.79 Å². The van der Waals surface area contributed by atoms with Crippen LogP contribution in [0.1, 0.15) is 11.1 Å². The fourth-order valence-electron chi connectivity index (χ4n) is 4.20. The molecule has 0 saturated carbocycles. The number of ether oxygens (including phenoxy) is 4. The van der Waals surface area contributed by atoms with Crippen molar-refractivity contribution in [3.63, 3.8) is 0 Å². The number of halogens is 3. The molecule has 2 N–H and O–H groups in total. The summed E-state index contributed by atoms with van der Waals surface area (Å²) in [6, 6.07) is 28.4. The van der Waals surface area contributed by atoms with Crippen molar-refractivity contribution in [1.82, 2.24) is 5.32 Å². The molecule has 11 heteroatoms. The second-order valence-corrected chi connectivity index (χ2v) is 14.0. The number of aliphatic hydroxyl groups is 1. The Balaban J connectivity index is 1.63. The molecule has 3 aromatic carbocycles. The number of alkyl halides is 3. The summed E-state index contributed by atoms with van der Waals surface area (Å²) in [5.74, 6) is 0. The average Bonchev–Trinajstić information content (AvgIpc) is 2.96. The average molecular weight is 674 g/mol. The first-order valence-corrected chi connectivity index (χ1v) is 15.6. The summed E-state index contributed by atoms with van der Waals surface area (Å²) >= 11 is 17.1. The van der Waals surface area contributed by atoms with Crippen LogP contribution in [0.5, 0.6) is 0 Å². The summed E-state index contributed by atoms with van der Waals surface area (Å²) < 4.78 is 23.7. The number of amides is 1. The van der Waals surface area contributed by atoms with Crippen LogP contribution in [0.15, 0.2) is 91.0 Å². The van der Waals surface area contributed by atoms with Gasteiger partial charge in [-0.05, 0) is 0 Å². The summed E-state index contributed by atoms with van der Waals surface area (Å²) in [4.78, 5) is 12.9. The van der Waals surface area contributed by atoms with Gasteiger partial charge in [-0.2, -0.15) is 0 Å². The zero-order valence-corrected chi connectivity index (χ0v) is 25.4. The second-order valence-electron chi connectivity index (χ2n) is 9.04. The summed E-state index contributed by atoms with van der Waals surface area (Å²) in [5.41, 5.74) is 1.89. The van der Waals surface area contributed by atoms with Crippen LogP contribution in [0.2, 0.25) is 0 Å². The van der Waals surface area contributed by atoms with Gasteiger partial charge in [0.25, 0.3) is 0 Å². The molecule has 0 spiro atoms. The van der Waals surface area contributed by atoms with E-state index in [1.807, 2.05) is 91.0 Å². The van der Waals surface area contributed by atoms with Crippen molar-refractivity contribution in [2.45, 2.75) is 46.4 Å². The molecule has 40 heavy (non-hydrogen) atoms. The fourth-order valence-corrected chi connectivity index (χ4v) is 6.77. The van der Waals surface area contributed by atoms with Crippen LogP contribution >= 0.6 is 34.8 Å². The molecule has 0 unspecified atom stereocenters. The monoisotopic (exact) mass is 673 g/mol. The molecule has 7 nitrogen and oxygen atoms in total. The zero-order valence-electron chi connectivity index (χ0n) is 21.4. The first kappa shape index (κ1) is 31.1. The molecular weight excluding hydrogens is 644 g/mol. The van der Waals surface area contributed by atoms with Gasteiger partial charge in [0, 0.05) is 0 Å². The van der Waals surface area contributed by atoms with E-state index < -0.39 is 45.8 Å². The third-order valence-corrected chi connectivity index (χ3v) is 8.85. The van der Waals surface area contributed by atoms with Crippen molar-refractivity contribution in [3.05, 3.63) is 102 Å². The van der Waals surface area contributed by atoms with E-state index in [2.05, 4.69) is 5.32 Å². The first-order chi connectivity index (χ1) is 19.3. The predicted octanol–water partition coefficient (Wildman–Crippen LogP) is 4.37. The Morgan fingerprint density at radius 3 is 1.90 bits per heavy atom. The van der Waals surface area contributed by atoms with E-state index in [0.29, 0.717) is 0 Å². The van der Waals surface area contributed by atoms with Crippen molar-refractivity contribution in [2.75, 3.05) is 13.2 Å². The minimum absolute atomic E-state index is 0.251. The molecule has 1 aliphatic rings. The van der Waals surface area contributed by atoms with E-state index in [1.54, 1.807) is 0 Å². The number of rotatable bonds is 11. The molecule has 3 aromatic rings. The van der Waals surface area contributed by atoms with Crippen LogP contribution in [0, 0.1) is 0 Å². The Kier molecular flexibility index (Phi) is 12.0. The number of alkyl carbamates (subject to hydrolysis) is 1. The van der Waals surface area contributed by atoms with E-state index in [0.717, 1.165) is 15.6 Å². The van der Waals surface area contributed by atoms with E-state index in [4.69, 9.17) is 53.8 Å². The number of hydrogen-bond acceptors (Lipinski definition) is 6. The van der Waals surface area contributed by atoms with E-state index in [-0.39, 0.29) is 34.8 Å². The normalized spacial score (nSPS) is 22.9. The van der Waals surface area contributed by atoms with Gasteiger partial charge < -0.3 is 0 Å². The van der Waals surface area contributed by atoms with Gasteiger partial charge in [0.15, 0.2) is 0 Å². The van der Waals surface area contributed by atoms with Gasteiger partial charge >= 0.3 is 256 Å². The minimum atomic E-state index is -1.76. The summed E-state index contributed by atoms with van der Waals surface area (Å²) in [5, 5.41) is 12.7. The Morgan fingerprint density at radius 1 is 0.850 bits per heavy atom. The topological polar surface area (TPSA) is 86.3 Å². The Morgan fingerprint density at radius 2 is 1.38 bits per heavy atom. The van der Waals surface area contributed by atoms with Gasteiger partial charge in [-0.15, -0.1) is 0 Å². The first-order valence-electron chi connectivity index (χ1n) is 12.6. The number of carbonyl (C=O) groups is 1. The van der Waals surface area contributed by atoms with Crippen molar-refractivity contribution in [1.29, 1.82) is 0 Å². The quantitative estimate of drug-likeness (QED) is 0.233. The molecule has 5 atom stereocenters. The number of carbonyl (C=O) groups excluding carboxylic acids is 1. The number of benzene rings is 3. The van der Waals surface area contributed by atoms with Gasteiger partial charge in [-0.3, -0.25) is 0 Å². The summed E-state index contributed by atoms with van der Waals surface area (Å²) in [6.45, 7) is -0.221. The zero-order chi connectivity index (χ0) is 28.4. The molecule has 4 rings (SSSR count). The van der Waals surface area contributed by atoms with Crippen molar-refractivity contribution in [3.8, 4) is 0 Å². The van der Waals surface area contributed by atoms with Crippen molar-refractivity contribution < 1.29 is 28.8 Å². The molecule has 1 fully saturated rings. The second kappa shape index (κ2) is 15.4. The van der Waals surface area contributed by atoms with Crippen molar-refractivity contribution >= 4 is 60.3 Å². The predicted molar refractivity (Wildman–Crippen MR) is 156 cm³/mol. The number of nitrogens with one attached hydrogen (secondary N) is 1. The van der Waals surface area contributed by atoms with E-state index in [1.165, 1.54) is 0 Å². The standard InChI is InChI=1S/C29H30Cl3NO6Se/c30-29(31,32)19-38-28(35)33-24-26(37-18-21-12-6-2-7-13-21)25(36-17-20-10-4-1-5-11-20)23(16-34)39-27(24)40-22-14-8-3-9-15-22/h1-15,23-27,34H,16-19H2,(H,33,35)/t23-,24-,25+,26-,27-/m1/s1. The van der Waals surface area contributed by atoms with E-state index >= 15 is 0 Å². The molecule has 1 saturated heterocycles. The Labute approximate surface area is 255 Å². The van der Waals surface area contributed by atoms with Gasteiger partial charge in [-0.25, -0.2) is 0 Å². The van der Waals surface area contributed by atoms with Gasteiger partial charge in [-0.1, -0.05) is 0 Å². The summed E-state index contributed by atoms with van der Waals surface area (Å²) in [7, 11) is 0. The molecule has 214 valence electrons. The maximum absolute atomic E-state index is 12.9. The van der Waals surface area contributed by atoms with Gasteiger partial charge in [0.2, 0.25) is 0 Å². The molecule has 1 amide bonds. The maximum atomic E-state index is 12.9. The Hall–Kier alpha value is -1.84. The molecule has 0 radical (unpaired) electrons. The van der Waals surface area contributed by atoms with Crippen LogP contribution in [0.3, 0.4) is 0 Å². The molecular formula is C29H30Cl3NO6Se. The van der Waals surface area contributed by atoms with Gasteiger partial charge in [0.1, 0.15) is 0 Å². The molecule has 1 heterocycles. The summed E-state index contributed by atoms with van der Waals surface area (Å²) in [6.07, 6.45) is -2.90. The van der Waals surface area contributed by atoms with Gasteiger partial charge in [0.05, 0.1) is 0 Å². The number of aliphatic hydroxyl groups excluding tert-OH is 1. The van der Waals surface area contributed by atoms with Crippen LogP contribution in [-0.4, -0.2) is 72.5 Å². The van der Waals surface area contributed by atoms with Crippen LogP contribution < -0.4 is 9.78 Å². The van der Waals surface area contributed by atoms with Crippen LogP contribution in [0.25, 0.3) is 0 Å². The SMILES string of the molecule is O=C(N[C@@H]1[C@@H](OCc2ccccc2)[C@@H](OCc2ccccc2)[C@@H](CO)O[C@@H]1[Se]c1ccccc1)OCC(Cl)(Cl)Cl.